The summed E-state index contributed by atoms with van der Waals surface area (Å²) in [5.74, 6) is 1.65. The molecule has 1 N–H and O–H groups in total. The number of nitrogens with one attached hydrogen (secondary N) is 1. The number of rotatable bonds is 5. The van der Waals surface area contributed by atoms with E-state index in [1.54, 1.807) is 0 Å². The molecule has 1 saturated carbocycles. The number of amides is 1. The molecule has 0 bridgehead atoms. The van der Waals surface area contributed by atoms with Crippen LogP contribution in [0.25, 0.3) is 11.2 Å². The first-order valence-electron chi connectivity index (χ1n) is 10.2. The minimum atomic E-state index is -0.285. The first-order chi connectivity index (χ1) is 14.1. The van der Waals surface area contributed by atoms with Gasteiger partial charge < -0.3 is 19.2 Å². The summed E-state index contributed by atoms with van der Waals surface area (Å²) in [5.41, 5.74) is 2.22. The maximum atomic E-state index is 12.7. The van der Waals surface area contributed by atoms with E-state index in [2.05, 4.69) is 30.3 Å². The van der Waals surface area contributed by atoms with Gasteiger partial charge in [0.1, 0.15) is 6.04 Å². The Morgan fingerprint density at radius 3 is 2.72 bits per heavy atom. The van der Waals surface area contributed by atoms with Gasteiger partial charge in [-0.15, -0.1) is 0 Å². The SMILES string of the molecule is Cc1ccc2oc(N3CCC(C(=O)NC(C)c4nc(C5CC5)no4)CC3)nc2n1. The van der Waals surface area contributed by atoms with Crippen LogP contribution in [0.2, 0.25) is 0 Å². The first kappa shape index (κ1) is 18.1. The van der Waals surface area contributed by atoms with Gasteiger partial charge >= 0.3 is 0 Å². The van der Waals surface area contributed by atoms with Crippen LogP contribution in [0.5, 0.6) is 0 Å². The Balaban J connectivity index is 1.17. The molecule has 29 heavy (non-hydrogen) atoms. The second-order valence-electron chi connectivity index (χ2n) is 8.03. The summed E-state index contributed by atoms with van der Waals surface area (Å²) < 4.78 is 11.1. The molecule has 9 heteroatoms. The number of carbonyl (C=O) groups is 1. The van der Waals surface area contributed by atoms with Crippen LogP contribution in [0.3, 0.4) is 0 Å². The second-order valence-corrected chi connectivity index (χ2v) is 8.03. The van der Waals surface area contributed by atoms with E-state index >= 15 is 0 Å². The number of carbonyl (C=O) groups excluding carboxylic acids is 1. The number of nitrogens with zero attached hydrogens (tertiary/aromatic N) is 5. The highest BCUT2D eigenvalue weighted by Gasteiger charge is 2.31. The Labute approximate surface area is 167 Å². The summed E-state index contributed by atoms with van der Waals surface area (Å²) in [4.78, 5) is 28.1. The van der Waals surface area contributed by atoms with Gasteiger partial charge in [0.15, 0.2) is 11.4 Å². The average Bonchev–Trinajstić information content (AvgIpc) is 3.29. The van der Waals surface area contributed by atoms with E-state index in [0.717, 1.165) is 37.2 Å². The van der Waals surface area contributed by atoms with E-state index < -0.39 is 0 Å². The summed E-state index contributed by atoms with van der Waals surface area (Å²) in [7, 11) is 0. The zero-order valence-corrected chi connectivity index (χ0v) is 16.6. The summed E-state index contributed by atoms with van der Waals surface area (Å²) in [6.45, 7) is 5.24. The number of aromatic nitrogens is 4. The Hall–Kier alpha value is -2.97. The van der Waals surface area contributed by atoms with Crippen LogP contribution in [0.15, 0.2) is 21.1 Å². The lowest BCUT2D eigenvalue weighted by Crippen LogP contribution is -2.41. The van der Waals surface area contributed by atoms with Gasteiger partial charge in [0.25, 0.3) is 6.01 Å². The molecule has 152 valence electrons. The largest absolute Gasteiger partial charge is 0.422 e. The molecule has 5 rings (SSSR count). The van der Waals surface area contributed by atoms with Crippen LogP contribution in [-0.4, -0.2) is 39.1 Å². The number of aryl methyl sites for hydroxylation is 1. The molecule has 0 aromatic carbocycles. The number of fused-ring (bicyclic) bond motifs is 1. The van der Waals surface area contributed by atoms with Crippen LogP contribution in [0, 0.1) is 12.8 Å². The summed E-state index contributed by atoms with van der Waals surface area (Å²) >= 11 is 0. The number of pyridine rings is 1. The van der Waals surface area contributed by atoms with Crippen molar-refractivity contribution in [3.8, 4) is 0 Å². The summed E-state index contributed by atoms with van der Waals surface area (Å²) in [6, 6.07) is 4.09. The van der Waals surface area contributed by atoms with Crippen molar-refractivity contribution >= 4 is 23.2 Å². The smallest absolute Gasteiger partial charge is 0.299 e. The van der Waals surface area contributed by atoms with Gasteiger partial charge in [-0.3, -0.25) is 4.79 Å². The Morgan fingerprint density at radius 2 is 1.97 bits per heavy atom. The maximum absolute atomic E-state index is 12.7. The van der Waals surface area contributed by atoms with Crippen LogP contribution < -0.4 is 10.2 Å². The number of piperidine rings is 1. The number of hydrogen-bond donors (Lipinski definition) is 1. The molecule has 1 aliphatic carbocycles. The fourth-order valence-electron chi connectivity index (χ4n) is 3.69. The van der Waals surface area contributed by atoms with E-state index in [4.69, 9.17) is 8.94 Å². The molecule has 4 heterocycles. The highest BCUT2D eigenvalue weighted by molar-refractivity contribution is 5.79. The van der Waals surface area contributed by atoms with Crippen LogP contribution >= 0.6 is 0 Å². The molecule has 1 aliphatic heterocycles. The molecule has 1 saturated heterocycles. The monoisotopic (exact) mass is 396 g/mol. The molecule has 3 aromatic rings. The van der Waals surface area contributed by atoms with E-state index in [0.29, 0.717) is 42.1 Å². The molecule has 1 amide bonds. The quantitative estimate of drug-likeness (QED) is 0.701. The average molecular weight is 396 g/mol. The molecular formula is C20H24N6O3. The topological polar surface area (TPSA) is 110 Å². The number of oxazole rings is 1. The van der Waals surface area contributed by atoms with E-state index in [1.807, 2.05) is 26.0 Å². The van der Waals surface area contributed by atoms with Gasteiger partial charge in [-0.05, 0) is 51.7 Å². The van der Waals surface area contributed by atoms with Gasteiger partial charge in [-0.1, -0.05) is 5.16 Å². The third-order valence-electron chi connectivity index (χ3n) is 5.65. The van der Waals surface area contributed by atoms with Gasteiger partial charge in [0.2, 0.25) is 17.4 Å². The fourth-order valence-corrected chi connectivity index (χ4v) is 3.69. The van der Waals surface area contributed by atoms with Crippen molar-refractivity contribution in [1.82, 2.24) is 25.4 Å². The maximum Gasteiger partial charge on any atom is 0.299 e. The summed E-state index contributed by atoms with van der Waals surface area (Å²) in [6.07, 6.45) is 3.71. The third-order valence-corrected chi connectivity index (χ3v) is 5.65. The lowest BCUT2D eigenvalue weighted by molar-refractivity contribution is -0.126. The van der Waals surface area contributed by atoms with Gasteiger partial charge in [-0.25, -0.2) is 4.98 Å². The molecular weight excluding hydrogens is 372 g/mol. The minimum Gasteiger partial charge on any atom is -0.422 e. The van der Waals surface area contributed by atoms with Crippen LogP contribution in [0.1, 0.15) is 62.0 Å². The summed E-state index contributed by atoms with van der Waals surface area (Å²) in [5, 5.41) is 7.04. The standard InChI is InChI=1S/C20H24N6O3/c1-11-3-6-15-17(21-11)24-20(28-15)26-9-7-14(8-10-26)18(27)22-12(2)19-23-16(25-29-19)13-4-5-13/h3,6,12-14H,4-5,7-10H2,1-2H3,(H,22,27). The highest BCUT2D eigenvalue weighted by Crippen LogP contribution is 2.38. The molecule has 3 aromatic heterocycles. The number of hydrogen-bond acceptors (Lipinski definition) is 8. The van der Waals surface area contributed by atoms with E-state index in [9.17, 15) is 4.79 Å². The van der Waals surface area contributed by atoms with Gasteiger partial charge in [0, 0.05) is 30.6 Å². The van der Waals surface area contributed by atoms with Crippen molar-refractivity contribution in [3.63, 3.8) is 0 Å². The van der Waals surface area contributed by atoms with Crippen molar-refractivity contribution in [2.75, 3.05) is 18.0 Å². The van der Waals surface area contributed by atoms with Crippen molar-refractivity contribution in [3.05, 3.63) is 29.5 Å². The zero-order chi connectivity index (χ0) is 20.0. The van der Waals surface area contributed by atoms with Crippen molar-refractivity contribution in [1.29, 1.82) is 0 Å². The molecule has 9 nitrogen and oxygen atoms in total. The van der Waals surface area contributed by atoms with Gasteiger partial charge in [0.05, 0.1) is 0 Å². The first-order valence-corrected chi connectivity index (χ1v) is 10.2. The lowest BCUT2D eigenvalue weighted by Gasteiger charge is -2.30. The van der Waals surface area contributed by atoms with Crippen molar-refractivity contribution < 1.29 is 13.7 Å². The van der Waals surface area contributed by atoms with Gasteiger partial charge in [-0.2, -0.15) is 9.97 Å². The zero-order valence-electron chi connectivity index (χ0n) is 16.6. The molecule has 0 radical (unpaired) electrons. The van der Waals surface area contributed by atoms with E-state index in [-0.39, 0.29) is 17.9 Å². The highest BCUT2D eigenvalue weighted by atomic mass is 16.5. The second kappa shape index (κ2) is 7.13. The molecule has 0 spiro atoms. The molecule has 2 fully saturated rings. The molecule has 2 aliphatic rings. The minimum absolute atomic E-state index is 0.0261. The van der Waals surface area contributed by atoms with Crippen molar-refractivity contribution in [2.45, 2.75) is 51.5 Å². The normalized spacial score (nSPS) is 18.9. The third kappa shape index (κ3) is 3.68. The molecule has 1 unspecified atom stereocenters. The predicted octanol–water partition coefficient (Wildman–Crippen LogP) is 2.89. The van der Waals surface area contributed by atoms with Crippen LogP contribution in [0.4, 0.5) is 6.01 Å². The number of anilines is 1. The predicted molar refractivity (Wildman–Crippen MR) is 104 cm³/mol. The van der Waals surface area contributed by atoms with Crippen LogP contribution in [-0.2, 0) is 4.79 Å². The Kier molecular flexibility index (Phi) is 4.44. The van der Waals surface area contributed by atoms with E-state index in [1.165, 1.54) is 0 Å². The Bertz CT molecular complexity index is 1030. The fraction of sp³-hybridized carbons (Fsp3) is 0.550. The lowest BCUT2D eigenvalue weighted by atomic mass is 9.96. The Morgan fingerprint density at radius 1 is 1.17 bits per heavy atom. The van der Waals surface area contributed by atoms with Crippen molar-refractivity contribution in [2.24, 2.45) is 5.92 Å². The molecule has 1 atom stereocenters.